The molecule has 2 aromatic rings. The molecular weight excluding hydrogens is 499 g/mol. The molecular formula is C24H37IN6. The van der Waals surface area contributed by atoms with E-state index in [1.54, 1.807) is 0 Å². The van der Waals surface area contributed by atoms with Crippen LogP contribution in [0, 0.1) is 0 Å². The Bertz CT molecular complexity index is 770. The second-order valence-corrected chi connectivity index (χ2v) is 7.67. The summed E-state index contributed by atoms with van der Waals surface area (Å²) in [5, 5.41) is 6.94. The zero-order valence-electron chi connectivity index (χ0n) is 19.1. The molecule has 7 heteroatoms. The molecule has 1 aromatic carbocycles. The van der Waals surface area contributed by atoms with E-state index in [1.165, 1.54) is 18.4 Å². The Morgan fingerprint density at radius 1 is 1.06 bits per heavy atom. The Hall–Kier alpha value is -1.87. The highest BCUT2D eigenvalue weighted by molar-refractivity contribution is 14.0. The van der Waals surface area contributed by atoms with Crippen molar-refractivity contribution in [3.05, 3.63) is 59.8 Å². The highest BCUT2D eigenvalue weighted by Gasteiger charge is 2.18. The molecule has 1 fully saturated rings. The lowest BCUT2D eigenvalue weighted by atomic mass is 10.1. The number of hydrogen-bond acceptors (Lipinski definition) is 4. The molecule has 1 saturated heterocycles. The first-order chi connectivity index (χ1) is 14.7. The molecule has 0 spiro atoms. The Kier molecular flexibility index (Phi) is 11.1. The number of nitrogens with zero attached hydrogens (tertiary/aromatic N) is 4. The molecule has 170 valence electrons. The molecule has 0 saturated carbocycles. The highest BCUT2D eigenvalue weighted by Crippen LogP contribution is 2.20. The Morgan fingerprint density at radius 2 is 1.77 bits per heavy atom. The molecule has 0 bridgehead atoms. The van der Waals surface area contributed by atoms with Gasteiger partial charge in [-0.05, 0) is 43.1 Å². The third-order valence-corrected chi connectivity index (χ3v) is 5.82. The molecule has 3 rings (SSSR count). The second kappa shape index (κ2) is 13.5. The first kappa shape index (κ1) is 25.4. The van der Waals surface area contributed by atoms with Crippen LogP contribution in [0.1, 0.15) is 43.9 Å². The maximum atomic E-state index is 4.64. The van der Waals surface area contributed by atoms with Gasteiger partial charge in [0.15, 0.2) is 5.96 Å². The van der Waals surface area contributed by atoms with E-state index >= 15 is 0 Å². The van der Waals surface area contributed by atoms with Gasteiger partial charge in [-0.1, -0.05) is 50.2 Å². The van der Waals surface area contributed by atoms with Gasteiger partial charge in [0.2, 0.25) is 0 Å². The van der Waals surface area contributed by atoms with E-state index in [9.17, 15) is 0 Å². The molecule has 1 aliphatic heterocycles. The Morgan fingerprint density at radius 3 is 2.35 bits per heavy atom. The van der Waals surface area contributed by atoms with Crippen molar-refractivity contribution in [3.63, 3.8) is 0 Å². The number of halogens is 1. The van der Waals surface area contributed by atoms with Crippen LogP contribution in [0.3, 0.4) is 0 Å². The van der Waals surface area contributed by atoms with Crippen molar-refractivity contribution in [2.24, 2.45) is 4.99 Å². The van der Waals surface area contributed by atoms with Gasteiger partial charge in [0.1, 0.15) is 5.82 Å². The number of hydrogen-bond donors (Lipinski definition) is 2. The van der Waals surface area contributed by atoms with Gasteiger partial charge in [-0.3, -0.25) is 9.89 Å². The minimum absolute atomic E-state index is 0. The van der Waals surface area contributed by atoms with Crippen molar-refractivity contribution in [2.75, 3.05) is 44.7 Å². The number of guanidine groups is 1. The van der Waals surface area contributed by atoms with E-state index in [-0.39, 0.29) is 24.0 Å². The summed E-state index contributed by atoms with van der Waals surface area (Å²) in [4.78, 5) is 13.9. The summed E-state index contributed by atoms with van der Waals surface area (Å²) in [5.41, 5.74) is 2.48. The lowest BCUT2D eigenvalue weighted by Crippen LogP contribution is -2.43. The fourth-order valence-electron chi connectivity index (χ4n) is 4.05. The smallest absolute Gasteiger partial charge is 0.191 e. The van der Waals surface area contributed by atoms with Crippen LogP contribution in [-0.4, -0.2) is 55.6 Å². The largest absolute Gasteiger partial charge is 0.357 e. The first-order valence-corrected chi connectivity index (χ1v) is 11.2. The topological polar surface area (TPSA) is 55.8 Å². The number of benzene rings is 1. The van der Waals surface area contributed by atoms with Gasteiger partial charge in [-0.15, -0.1) is 24.0 Å². The standard InChI is InChI=1S/C24H36N6.HI/c1-4-29(5-2)22(21-11-7-6-8-12-21)19-28-24(25-3)27-18-20-13-14-23(26-17-20)30-15-9-10-16-30;/h6-8,11-14,17,22H,4-5,9-10,15-16,18-19H2,1-3H3,(H2,25,27,28);1H. The third kappa shape index (κ3) is 7.35. The van der Waals surface area contributed by atoms with Crippen LogP contribution in [0.5, 0.6) is 0 Å². The summed E-state index contributed by atoms with van der Waals surface area (Å²) in [5.74, 6) is 1.90. The number of nitrogens with one attached hydrogen (secondary N) is 2. The zero-order valence-corrected chi connectivity index (χ0v) is 21.4. The number of aliphatic imine (C=N–C) groups is 1. The number of pyridine rings is 1. The zero-order chi connectivity index (χ0) is 21.2. The van der Waals surface area contributed by atoms with Crippen molar-refractivity contribution in [3.8, 4) is 0 Å². The molecule has 1 atom stereocenters. The van der Waals surface area contributed by atoms with E-state index in [1.807, 2.05) is 13.2 Å². The molecule has 1 aromatic heterocycles. The van der Waals surface area contributed by atoms with Gasteiger partial charge < -0.3 is 15.5 Å². The van der Waals surface area contributed by atoms with Crippen molar-refractivity contribution >= 4 is 35.8 Å². The number of anilines is 1. The van der Waals surface area contributed by atoms with Gasteiger partial charge in [0.05, 0.1) is 6.04 Å². The summed E-state index contributed by atoms with van der Waals surface area (Å²) in [6, 6.07) is 15.3. The highest BCUT2D eigenvalue weighted by atomic mass is 127. The summed E-state index contributed by atoms with van der Waals surface area (Å²) in [6.07, 6.45) is 4.51. The van der Waals surface area contributed by atoms with Crippen LogP contribution < -0.4 is 15.5 Å². The van der Waals surface area contributed by atoms with Gasteiger partial charge in [0.25, 0.3) is 0 Å². The lowest BCUT2D eigenvalue weighted by Gasteiger charge is -2.30. The molecule has 0 amide bonds. The van der Waals surface area contributed by atoms with Gasteiger partial charge in [0, 0.05) is 39.4 Å². The van der Waals surface area contributed by atoms with Gasteiger partial charge in [-0.25, -0.2) is 4.98 Å². The van der Waals surface area contributed by atoms with Gasteiger partial charge >= 0.3 is 0 Å². The normalized spacial score (nSPS) is 15.0. The van der Waals surface area contributed by atoms with Crippen LogP contribution in [0.2, 0.25) is 0 Å². The maximum Gasteiger partial charge on any atom is 0.191 e. The number of rotatable bonds is 9. The number of likely N-dealkylation sites (N-methyl/N-ethyl adjacent to an activating group) is 1. The molecule has 2 N–H and O–H groups in total. The van der Waals surface area contributed by atoms with Crippen molar-refractivity contribution < 1.29 is 0 Å². The SMILES string of the molecule is CCN(CC)C(CNC(=NC)NCc1ccc(N2CCCC2)nc1)c1ccccc1.I. The van der Waals surface area contributed by atoms with Crippen molar-refractivity contribution in [2.45, 2.75) is 39.3 Å². The van der Waals surface area contributed by atoms with Crippen LogP contribution in [0.25, 0.3) is 0 Å². The monoisotopic (exact) mass is 536 g/mol. The molecule has 1 unspecified atom stereocenters. The Balaban J connectivity index is 0.00000341. The average Bonchev–Trinajstić information content (AvgIpc) is 3.34. The average molecular weight is 537 g/mol. The quantitative estimate of drug-likeness (QED) is 0.288. The summed E-state index contributed by atoms with van der Waals surface area (Å²) in [6.45, 7) is 10.2. The van der Waals surface area contributed by atoms with E-state index in [2.05, 4.69) is 86.7 Å². The predicted molar refractivity (Wildman–Crippen MR) is 141 cm³/mol. The van der Waals surface area contributed by atoms with E-state index in [0.29, 0.717) is 12.6 Å². The molecule has 31 heavy (non-hydrogen) atoms. The summed E-state index contributed by atoms with van der Waals surface area (Å²) in [7, 11) is 1.82. The number of aromatic nitrogens is 1. The van der Waals surface area contributed by atoms with Crippen LogP contribution in [0.4, 0.5) is 5.82 Å². The van der Waals surface area contributed by atoms with Gasteiger partial charge in [-0.2, -0.15) is 0 Å². The summed E-state index contributed by atoms with van der Waals surface area (Å²) < 4.78 is 0. The van der Waals surface area contributed by atoms with Crippen LogP contribution in [-0.2, 0) is 6.54 Å². The molecule has 6 nitrogen and oxygen atoms in total. The minimum Gasteiger partial charge on any atom is -0.357 e. The van der Waals surface area contributed by atoms with Crippen molar-refractivity contribution in [1.82, 2.24) is 20.5 Å². The summed E-state index contributed by atoms with van der Waals surface area (Å²) >= 11 is 0. The first-order valence-electron chi connectivity index (χ1n) is 11.2. The molecule has 1 aliphatic rings. The third-order valence-electron chi connectivity index (χ3n) is 5.82. The Labute approximate surface area is 204 Å². The van der Waals surface area contributed by atoms with Crippen LogP contribution in [0.15, 0.2) is 53.7 Å². The van der Waals surface area contributed by atoms with E-state index in [4.69, 9.17) is 0 Å². The van der Waals surface area contributed by atoms with Crippen molar-refractivity contribution in [1.29, 1.82) is 0 Å². The molecule has 0 aliphatic carbocycles. The minimum atomic E-state index is 0. The van der Waals surface area contributed by atoms with E-state index in [0.717, 1.165) is 50.1 Å². The lowest BCUT2D eigenvalue weighted by molar-refractivity contribution is 0.219. The maximum absolute atomic E-state index is 4.64. The predicted octanol–water partition coefficient (Wildman–Crippen LogP) is 4.05. The molecule has 2 heterocycles. The fourth-order valence-corrected chi connectivity index (χ4v) is 4.05. The fraction of sp³-hybridized carbons (Fsp3) is 0.500. The van der Waals surface area contributed by atoms with E-state index < -0.39 is 0 Å². The second-order valence-electron chi connectivity index (χ2n) is 7.67. The van der Waals surface area contributed by atoms with Crippen LogP contribution >= 0.6 is 24.0 Å². The molecule has 0 radical (unpaired) electrons.